The quantitative estimate of drug-likeness (QED) is 0.540. The van der Waals surface area contributed by atoms with Gasteiger partial charge in [-0.3, -0.25) is 4.90 Å². The van der Waals surface area contributed by atoms with Crippen molar-refractivity contribution in [1.29, 1.82) is 0 Å². The van der Waals surface area contributed by atoms with E-state index in [1.54, 1.807) is 0 Å². The van der Waals surface area contributed by atoms with Crippen molar-refractivity contribution < 1.29 is 9.53 Å². The molecule has 0 aliphatic carbocycles. The van der Waals surface area contributed by atoms with Gasteiger partial charge in [0.25, 0.3) is 0 Å². The number of hydrogen-bond donors (Lipinski definition) is 0. The number of esters is 1. The number of allylic oxidation sites excluding steroid dienone is 4. The lowest BCUT2D eigenvalue weighted by atomic mass is 10.1. The van der Waals surface area contributed by atoms with E-state index in [0.717, 1.165) is 11.1 Å². The number of hydrogen-bond acceptors (Lipinski definition) is 4. The molecule has 0 saturated heterocycles. The minimum absolute atomic E-state index is 0.220. The monoisotopic (exact) mass is 350 g/mol. The summed E-state index contributed by atoms with van der Waals surface area (Å²) in [6.07, 6.45) is 10.7. The number of likely N-dealkylation sites (N-methyl/N-ethyl adjacent to an activating group) is 1. The van der Waals surface area contributed by atoms with Gasteiger partial charge >= 0.3 is 5.97 Å². The summed E-state index contributed by atoms with van der Waals surface area (Å²) in [7, 11) is 7.79. The summed E-state index contributed by atoms with van der Waals surface area (Å²) >= 11 is 0. The number of nitrogens with zero attached hydrogens (tertiary/aromatic N) is 2. The molecule has 0 spiro atoms. The summed E-state index contributed by atoms with van der Waals surface area (Å²) in [5.41, 5.74) is 3.42. The molecule has 25 heavy (non-hydrogen) atoms. The van der Waals surface area contributed by atoms with Gasteiger partial charge in [0.05, 0.1) is 0 Å². The van der Waals surface area contributed by atoms with E-state index in [1.165, 1.54) is 18.1 Å². The molecular formula is C21H38N2O2. The zero-order chi connectivity index (χ0) is 20.0. The zero-order valence-corrected chi connectivity index (χ0v) is 17.9. The third-order valence-corrected chi connectivity index (χ3v) is 2.54. The van der Waals surface area contributed by atoms with Crippen LogP contribution >= 0.6 is 0 Å². The third-order valence-electron chi connectivity index (χ3n) is 2.54. The van der Waals surface area contributed by atoms with Crippen LogP contribution in [0.15, 0.2) is 47.2 Å². The molecule has 0 aromatic heterocycles. The Bertz CT molecular complexity index is 490. The van der Waals surface area contributed by atoms with Crippen molar-refractivity contribution in [3.8, 4) is 0 Å². The van der Waals surface area contributed by atoms with E-state index in [0.29, 0.717) is 0 Å². The minimum Gasteiger partial charge on any atom is -0.439 e. The second kappa shape index (κ2) is 14.5. The lowest BCUT2D eigenvalue weighted by molar-refractivity contribution is -0.144. The van der Waals surface area contributed by atoms with Gasteiger partial charge in [-0.15, -0.1) is 0 Å². The molecule has 1 unspecified atom stereocenters. The first kappa shape index (κ1) is 25.4. The van der Waals surface area contributed by atoms with Crippen molar-refractivity contribution in [3.63, 3.8) is 0 Å². The van der Waals surface area contributed by atoms with Crippen LogP contribution in [0.4, 0.5) is 0 Å². The van der Waals surface area contributed by atoms with Crippen molar-refractivity contribution in [2.24, 2.45) is 0 Å². The van der Waals surface area contributed by atoms with Crippen LogP contribution in [0.3, 0.4) is 0 Å². The van der Waals surface area contributed by atoms with Crippen LogP contribution in [0, 0.1) is 0 Å². The molecule has 0 amide bonds. The Morgan fingerprint density at radius 2 is 1.60 bits per heavy atom. The van der Waals surface area contributed by atoms with Crippen molar-refractivity contribution in [1.82, 2.24) is 9.80 Å². The Morgan fingerprint density at radius 1 is 1.08 bits per heavy atom. The number of ether oxygens (including phenoxy) is 1. The van der Waals surface area contributed by atoms with Gasteiger partial charge in [-0.2, -0.15) is 0 Å². The van der Waals surface area contributed by atoms with Gasteiger partial charge in [0.2, 0.25) is 0 Å². The van der Waals surface area contributed by atoms with E-state index < -0.39 is 0 Å². The number of rotatable bonds is 4. The normalized spacial score (nSPS) is 15.4. The summed E-state index contributed by atoms with van der Waals surface area (Å²) in [6, 6.07) is 0. The fourth-order valence-corrected chi connectivity index (χ4v) is 1.68. The van der Waals surface area contributed by atoms with Crippen LogP contribution in [-0.2, 0) is 9.53 Å². The molecule has 1 aliphatic heterocycles. The number of carbonyl (C=O) groups excluding carboxylic acids is 1. The van der Waals surface area contributed by atoms with Gasteiger partial charge in [0, 0.05) is 25.7 Å². The smallest absolute Gasteiger partial charge is 0.333 e. The molecule has 4 nitrogen and oxygen atoms in total. The highest BCUT2D eigenvalue weighted by Gasteiger charge is 2.25. The minimum atomic E-state index is -0.258. The molecule has 1 atom stereocenters. The molecule has 1 heterocycles. The Morgan fingerprint density at radius 3 is 1.96 bits per heavy atom. The van der Waals surface area contributed by atoms with Crippen LogP contribution < -0.4 is 0 Å². The standard InChI is InChI=1S/C10H15NO2.C8H15N.C3H8/c1-7(2)5-8-6-9(12)13-10(8)11(3)4;1-8(2)6-5-7-9(3)4;1-3-2/h5-6,10H,1-4H3;5-7H,1-4H3;3H2,1-2H3/b;7-5+;. The Kier molecular flexibility index (Phi) is 14.8. The molecule has 0 bridgehead atoms. The zero-order valence-electron chi connectivity index (χ0n) is 17.9. The number of carbonyl (C=O) groups is 1. The fraction of sp³-hybridized carbons (Fsp3) is 0.571. The van der Waals surface area contributed by atoms with Crippen LogP contribution in [0.5, 0.6) is 0 Å². The molecule has 0 radical (unpaired) electrons. The molecule has 1 aliphatic rings. The summed E-state index contributed by atoms with van der Waals surface area (Å²) < 4.78 is 5.09. The second-order valence-corrected chi connectivity index (χ2v) is 6.88. The molecule has 144 valence electrons. The van der Waals surface area contributed by atoms with E-state index in [9.17, 15) is 4.79 Å². The number of cyclic esters (lactones) is 1. The third kappa shape index (κ3) is 15.5. The van der Waals surface area contributed by atoms with Crippen LogP contribution in [0.25, 0.3) is 0 Å². The van der Waals surface area contributed by atoms with Gasteiger partial charge in [-0.25, -0.2) is 4.79 Å². The average molecular weight is 351 g/mol. The first-order chi connectivity index (χ1) is 11.5. The molecule has 0 aromatic rings. The fourth-order valence-electron chi connectivity index (χ4n) is 1.68. The highest BCUT2D eigenvalue weighted by Crippen LogP contribution is 2.19. The topological polar surface area (TPSA) is 32.8 Å². The van der Waals surface area contributed by atoms with Gasteiger partial charge < -0.3 is 9.64 Å². The Hall–Kier alpha value is -1.81. The summed E-state index contributed by atoms with van der Waals surface area (Å²) in [5, 5.41) is 0. The second-order valence-electron chi connectivity index (χ2n) is 6.88. The van der Waals surface area contributed by atoms with Crippen molar-refractivity contribution in [2.45, 2.75) is 54.2 Å². The highest BCUT2D eigenvalue weighted by atomic mass is 16.6. The predicted molar refractivity (Wildman–Crippen MR) is 109 cm³/mol. The largest absolute Gasteiger partial charge is 0.439 e. The molecule has 4 heteroatoms. The van der Waals surface area contributed by atoms with E-state index in [4.69, 9.17) is 4.74 Å². The highest BCUT2D eigenvalue weighted by molar-refractivity contribution is 5.86. The van der Waals surface area contributed by atoms with Crippen molar-refractivity contribution in [2.75, 3.05) is 28.2 Å². The molecule has 0 saturated carbocycles. The summed E-state index contributed by atoms with van der Waals surface area (Å²) in [4.78, 5) is 14.9. The Balaban J connectivity index is 0. The molecule has 0 aromatic carbocycles. The van der Waals surface area contributed by atoms with Gasteiger partial charge in [0.1, 0.15) is 0 Å². The lowest BCUT2D eigenvalue weighted by Crippen LogP contribution is -2.29. The first-order valence-electron chi connectivity index (χ1n) is 8.76. The van der Waals surface area contributed by atoms with Gasteiger partial charge in [-0.1, -0.05) is 43.6 Å². The van der Waals surface area contributed by atoms with E-state index >= 15 is 0 Å². The summed E-state index contributed by atoms with van der Waals surface area (Å²) in [5.74, 6) is -0.258. The maximum atomic E-state index is 11.0. The van der Waals surface area contributed by atoms with Crippen LogP contribution in [0.2, 0.25) is 0 Å². The molecule has 0 fully saturated rings. The lowest BCUT2D eigenvalue weighted by Gasteiger charge is -2.19. The molecule has 0 N–H and O–H groups in total. The molecular weight excluding hydrogens is 312 g/mol. The molecule has 1 rings (SSSR count). The van der Waals surface area contributed by atoms with Crippen molar-refractivity contribution >= 4 is 5.97 Å². The van der Waals surface area contributed by atoms with Crippen LogP contribution in [-0.4, -0.2) is 50.2 Å². The first-order valence-corrected chi connectivity index (χ1v) is 8.76. The van der Waals surface area contributed by atoms with Crippen molar-refractivity contribution in [3.05, 3.63) is 47.2 Å². The predicted octanol–water partition coefficient (Wildman–Crippen LogP) is 4.77. The van der Waals surface area contributed by atoms with E-state index in [-0.39, 0.29) is 12.2 Å². The SMILES string of the molecule is CC(C)=C/C=C/N(C)C.CC(C)=CC1=CC(=O)OC1N(C)C.CCC. The summed E-state index contributed by atoms with van der Waals surface area (Å²) in [6.45, 7) is 12.4. The van der Waals surface area contributed by atoms with E-state index in [2.05, 4.69) is 33.8 Å². The van der Waals surface area contributed by atoms with Gasteiger partial charge in [0.15, 0.2) is 6.23 Å². The average Bonchev–Trinajstić information content (AvgIpc) is 2.79. The van der Waals surface area contributed by atoms with Gasteiger partial charge in [-0.05, 0) is 54.1 Å². The van der Waals surface area contributed by atoms with Crippen LogP contribution in [0.1, 0.15) is 48.0 Å². The van der Waals surface area contributed by atoms with E-state index in [1.807, 2.05) is 70.2 Å². The maximum Gasteiger partial charge on any atom is 0.333 e. The Labute approximate surface area is 155 Å². The maximum absolute atomic E-state index is 11.0.